The molecule has 2 aromatic carbocycles. The Balaban J connectivity index is 0.000000562. The van der Waals surface area contributed by atoms with Gasteiger partial charge in [-0.3, -0.25) is 0 Å². The van der Waals surface area contributed by atoms with Crippen LogP contribution in [0.5, 0.6) is 11.5 Å². The van der Waals surface area contributed by atoms with E-state index in [4.69, 9.17) is 0 Å². The quantitative estimate of drug-likeness (QED) is 0.418. The van der Waals surface area contributed by atoms with Crippen LogP contribution in [0, 0.1) is 0 Å². The van der Waals surface area contributed by atoms with Gasteiger partial charge in [0.25, 0.3) is 0 Å². The molecule has 0 bridgehead atoms. The van der Waals surface area contributed by atoms with Crippen molar-refractivity contribution in [3.05, 3.63) is 58.7 Å². The smallest absolute Gasteiger partial charge is 0.119 e. The number of benzene rings is 2. The third-order valence-electron chi connectivity index (χ3n) is 5.34. The Morgan fingerprint density at radius 3 is 0.903 bits per heavy atom. The van der Waals surface area contributed by atoms with Crippen molar-refractivity contribution in [3.63, 3.8) is 0 Å². The van der Waals surface area contributed by atoms with Crippen molar-refractivity contribution < 1.29 is 10.2 Å². The fourth-order valence-corrected chi connectivity index (χ4v) is 3.21. The molecule has 0 fully saturated rings. The van der Waals surface area contributed by atoms with Crippen LogP contribution in [0.2, 0.25) is 0 Å². The summed E-state index contributed by atoms with van der Waals surface area (Å²) in [5.41, 5.74) is 4.83. The van der Waals surface area contributed by atoms with E-state index in [-0.39, 0.29) is 51.2 Å². The Hall–Kier alpha value is -0.960. The third kappa shape index (κ3) is 8.83. The summed E-state index contributed by atoms with van der Waals surface area (Å²) in [5, 5.41) is 19.7. The van der Waals surface area contributed by atoms with E-state index in [2.05, 4.69) is 95.2 Å². The van der Waals surface area contributed by atoms with Crippen LogP contribution in [-0.4, -0.2) is 39.8 Å². The average molecular weight is 436 g/mol. The molecule has 0 saturated carbocycles. The molecule has 2 nitrogen and oxygen atoms in total. The average Bonchev–Trinajstić information content (AvgIpc) is 2.51. The summed E-state index contributed by atoms with van der Waals surface area (Å²) < 4.78 is 0. The van der Waals surface area contributed by atoms with Gasteiger partial charge in [0.05, 0.1) is 0 Å². The van der Waals surface area contributed by atoms with Gasteiger partial charge in [-0.25, -0.2) is 0 Å². The Bertz CT molecular complexity index is 781. The Kier molecular flexibility index (Phi) is 10.00. The number of aromatic hydroxyl groups is 2. The van der Waals surface area contributed by atoms with Crippen molar-refractivity contribution in [2.45, 2.75) is 105 Å². The zero-order valence-corrected chi connectivity index (χ0v) is 24.4. The molecule has 0 heterocycles. The predicted molar refractivity (Wildman–Crippen MR) is 137 cm³/mol. The summed E-state index contributed by atoms with van der Waals surface area (Å²) in [7, 11) is 0. The minimum atomic E-state index is -0.00859. The van der Waals surface area contributed by atoms with E-state index in [1.54, 1.807) is 12.1 Å². The van der Waals surface area contributed by atoms with E-state index in [0.29, 0.717) is 11.5 Å². The molecule has 0 atom stereocenters. The summed E-state index contributed by atoms with van der Waals surface area (Å²) in [6.07, 6.45) is 0. The third-order valence-corrected chi connectivity index (χ3v) is 5.34. The molecule has 0 saturated heterocycles. The normalized spacial score (nSPS) is 12.5. The second kappa shape index (κ2) is 10.3. The van der Waals surface area contributed by atoms with Gasteiger partial charge in [-0.15, -0.1) is 0 Å². The van der Waals surface area contributed by atoms with E-state index >= 15 is 0 Å². The number of hydrogen-bond acceptors (Lipinski definition) is 2. The summed E-state index contributed by atoms with van der Waals surface area (Å²) in [4.78, 5) is 0. The van der Waals surface area contributed by atoms with Gasteiger partial charge in [-0.1, -0.05) is 107 Å². The van der Waals surface area contributed by atoms with Gasteiger partial charge < -0.3 is 10.2 Å². The zero-order chi connectivity index (χ0) is 23.7. The van der Waals surface area contributed by atoms with Gasteiger partial charge >= 0.3 is 0 Å². The van der Waals surface area contributed by atoms with Crippen molar-refractivity contribution in [2.24, 2.45) is 0 Å². The molecular formula is C28H44NaO2. The molecule has 0 spiro atoms. The van der Waals surface area contributed by atoms with Crippen molar-refractivity contribution >= 4 is 29.6 Å². The van der Waals surface area contributed by atoms with Gasteiger partial charge in [-0.2, -0.15) is 0 Å². The molecule has 169 valence electrons. The first-order chi connectivity index (χ1) is 13.2. The molecule has 0 aliphatic heterocycles. The Labute approximate surface area is 213 Å². The van der Waals surface area contributed by atoms with E-state index in [1.165, 1.54) is 11.1 Å². The molecule has 31 heavy (non-hydrogen) atoms. The second-order valence-electron chi connectivity index (χ2n) is 12.5. The minimum Gasteiger partial charge on any atom is -0.508 e. The molecule has 0 unspecified atom stereocenters. The van der Waals surface area contributed by atoms with Gasteiger partial charge in [0.15, 0.2) is 0 Å². The monoisotopic (exact) mass is 435 g/mol. The number of hydrogen-bond donors (Lipinski definition) is 2. The van der Waals surface area contributed by atoms with Crippen molar-refractivity contribution in [2.75, 3.05) is 0 Å². The zero-order valence-electron chi connectivity index (χ0n) is 22.4. The topological polar surface area (TPSA) is 40.5 Å². The number of rotatable bonds is 0. The number of phenolic OH excluding ortho intramolecular Hbond substituents is 2. The second-order valence-corrected chi connectivity index (χ2v) is 12.5. The van der Waals surface area contributed by atoms with Crippen LogP contribution in [0.4, 0.5) is 0 Å². The maximum atomic E-state index is 9.84. The maximum absolute atomic E-state index is 9.84. The van der Waals surface area contributed by atoms with E-state index in [9.17, 15) is 10.2 Å². The summed E-state index contributed by atoms with van der Waals surface area (Å²) in [5.74, 6) is 0.797. The van der Waals surface area contributed by atoms with Gasteiger partial charge in [0.2, 0.25) is 0 Å². The SMILES string of the molecule is CC(C)(C)c1ccc(O)c(C(C)(C)C)c1.CC(C)(C)c1ccc(O)c(C(C)(C)C)c1.[Na]. The summed E-state index contributed by atoms with van der Waals surface area (Å²) in [6.45, 7) is 25.8. The maximum Gasteiger partial charge on any atom is 0.119 e. The van der Waals surface area contributed by atoms with Crippen LogP contribution >= 0.6 is 0 Å². The minimum absolute atomic E-state index is 0. The Morgan fingerprint density at radius 2 is 0.710 bits per heavy atom. The van der Waals surface area contributed by atoms with Crippen LogP contribution in [-0.2, 0) is 21.7 Å². The summed E-state index contributed by atoms with van der Waals surface area (Å²) in [6, 6.07) is 11.9. The first-order valence-corrected chi connectivity index (χ1v) is 10.9. The molecule has 0 aliphatic rings. The number of phenols is 2. The first kappa shape index (κ1) is 30.0. The first-order valence-electron chi connectivity index (χ1n) is 10.9. The van der Waals surface area contributed by atoms with Crippen LogP contribution in [0.1, 0.15) is 105 Å². The van der Waals surface area contributed by atoms with Crippen LogP contribution in [0.15, 0.2) is 36.4 Å². The molecule has 3 heteroatoms. The van der Waals surface area contributed by atoms with Crippen molar-refractivity contribution in [1.82, 2.24) is 0 Å². The molecule has 2 aromatic rings. The predicted octanol–water partition coefficient (Wildman–Crippen LogP) is 7.59. The molecule has 2 N–H and O–H groups in total. The molecule has 0 aliphatic carbocycles. The van der Waals surface area contributed by atoms with Crippen molar-refractivity contribution in [1.29, 1.82) is 0 Å². The van der Waals surface area contributed by atoms with Crippen molar-refractivity contribution in [3.8, 4) is 11.5 Å². The Morgan fingerprint density at radius 1 is 0.452 bits per heavy atom. The van der Waals surface area contributed by atoms with E-state index < -0.39 is 0 Å². The van der Waals surface area contributed by atoms with Crippen LogP contribution in [0.25, 0.3) is 0 Å². The molecule has 2 rings (SSSR count). The fourth-order valence-electron chi connectivity index (χ4n) is 3.21. The summed E-state index contributed by atoms with van der Waals surface area (Å²) >= 11 is 0. The standard InChI is InChI=1S/2C14H22O.Na/c2*1-13(2,3)10-7-8-12(15)11(9-10)14(4,5)6;/h2*7-9,15H,1-6H3;. The van der Waals surface area contributed by atoms with E-state index in [1.807, 2.05) is 12.1 Å². The van der Waals surface area contributed by atoms with Gasteiger partial charge in [0, 0.05) is 29.6 Å². The molecule has 0 amide bonds. The molecular weight excluding hydrogens is 391 g/mol. The van der Waals surface area contributed by atoms with Crippen LogP contribution in [0.3, 0.4) is 0 Å². The molecule has 0 aromatic heterocycles. The van der Waals surface area contributed by atoms with E-state index in [0.717, 1.165) is 11.1 Å². The molecule has 1 radical (unpaired) electrons. The van der Waals surface area contributed by atoms with Crippen LogP contribution < -0.4 is 0 Å². The van der Waals surface area contributed by atoms with Gasteiger partial charge in [-0.05, 0) is 56.0 Å². The fraction of sp³-hybridized carbons (Fsp3) is 0.571. The van der Waals surface area contributed by atoms with Gasteiger partial charge in [0.1, 0.15) is 11.5 Å². The largest absolute Gasteiger partial charge is 0.508 e.